The van der Waals surface area contributed by atoms with Crippen LogP contribution in [0.25, 0.3) is 0 Å². The molecule has 0 spiro atoms. The molecule has 154 valence electrons. The van der Waals surface area contributed by atoms with Gasteiger partial charge in [0, 0.05) is 10.8 Å². The van der Waals surface area contributed by atoms with Crippen LogP contribution in [0.15, 0.2) is 0 Å². The van der Waals surface area contributed by atoms with Gasteiger partial charge < -0.3 is 14.2 Å². The van der Waals surface area contributed by atoms with Crippen molar-refractivity contribution in [3.8, 4) is 0 Å². The summed E-state index contributed by atoms with van der Waals surface area (Å²) < 4.78 is 16.4. The quantitative estimate of drug-likeness (QED) is 0.293. The zero-order valence-corrected chi connectivity index (χ0v) is 16.3. The van der Waals surface area contributed by atoms with E-state index < -0.39 is 64.5 Å². The fourth-order valence-corrected chi connectivity index (χ4v) is 5.90. The predicted molar refractivity (Wildman–Crippen MR) is 89.0 cm³/mol. The van der Waals surface area contributed by atoms with Crippen molar-refractivity contribution in [2.45, 2.75) is 70.9 Å². The van der Waals surface area contributed by atoms with E-state index in [9.17, 15) is 19.2 Å². The van der Waals surface area contributed by atoms with Crippen LogP contribution in [0.1, 0.15) is 47.0 Å². The molecule has 9 nitrogen and oxygen atoms in total. The van der Waals surface area contributed by atoms with Gasteiger partial charge in [-0.25, -0.2) is 9.59 Å². The van der Waals surface area contributed by atoms with E-state index in [2.05, 4.69) is 0 Å². The van der Waals surface area contributed by atoms with E-state index in [1.165, 1.54) is 0 Å². The van der Waals surface area contributed by atoms with Gasteiger partial charge in [-0.3, -0.25) is 14.5 Å². The molecule has 4 fully saturated rings. The fourth-order valence-electron chi connectivity index (χ4n) is 5.90. The highest BCUT2D eigenvalue weighted by molar-refractivity contribution is 5.87. The van der Waals surface area contributed by atoms with Crippen LogP contribution in [-0.2, 0) is 43.2 Å². The molecule has 4 aliphatic rings. The van der Waals surface area contributed by atoms with Crippen molar-refractivity contribution in [1.82, 2.24) is 0 Å². The molecule has 0 amide bonds. The third-order valence-electron chi connectivity index (χ3n) is 7.66. The van der Waals surface area contributed by atoms with Crippen molar-refractivity contribution in [3.05, 3.63) is 0 Å². The molecule has 1 aliphatic carbocycles. The summed E-state index contributed by atoms with van der Waals surface area (Å²) in [4.78, 5) is 60.2. The molecule has 0 aromatic carbocycles. The Bertz CT molecular complexity index is 750. The Kier molecular flexibility index (Phi) is 4.05. The summed E-state index contributed by atoms with van der Waals surface area (Å²) in [5.41, 5.74) is -3.81. The molecule has 2 bridgehead atoms. The zero-order chi connectivity index (χ0) is 20.5. The Hall–Kier alpha value is -2.16. The number of cyclic esters (lactones) is 1. The van der Waals surface area contributed by atoms with Gasteiger partial charge in [-0.1, -0.05) is 20.8 Å². The molecule has 3 saturated heterocycles. The van der Waals surface area contributed by atoms with Crippen LogP contribution in [0, 0.1) is 22.7 Å². The molecule has 8 atom stereocenters. The van der Waals surface area contributed by atoms with Gasteiger partial charge in [0.1, 0.15) is 6.10 Å². The highest BCUT2D eigenvalue weighted by atomic mass is 17.2. The average Bonchev–Trinajstić information content (AvgIpc) is 3.03. The number of rotatable bonds is 2. The molecule has 28 heavy (non-hydrogen) atoms. The second-order valence-electron chi connectivity index (χ2n) is 8.83. The molecule has 0 N–H and O–H groups in total. The Morgan fingerprint density at radius 1 is 1.11 bits per heavy atom. The first-order valence-corrected chi connectivity index (χ1v) is 9.52. The van der Waals surface area contributed by atoms with Gasteiger partial charge in [0.25, 0.3) is 6.47 Å². The standard InChI is InChI=1S/C19H24O9/c1-9-5-6-17(3)13(24-8-20)15(22)27-28-19(16(23)25-9)12-10(2)14(21)26-11(12)7-18(17,19)4/h8-13H,5-7H2,1-4H3. The maximum absolute atomic E-state index is 13.4. The smallest absolute Gasteiger partial charge is 0.383 e. The molecular weight excluding hydrogens is 372 g/mol. The van der Waals surface area contributed by atoms with Crippen LogP contribution in [-0.4, -0.2) is 48.3 Å². The Morgan fingerprint density at radius 3 is 2.50 bits per heavy atom. The molecule has 1 saturated carbocycles. The summed E-state index contributed by atoms with van der Waals surface area (Å²) in [6.07, 6.45) is -1.18. The van der Waals surface area contributed by atoms with E-state index in [-0.39, 0.29) is 12.9 Å². The van der Waals surface area contributed by atoms with Crippen molar-refractivity contribution < 1.29 is 43.2 Å². The van der Waals surface area contributed by atoms with E-state index in [1.54, 1.807) is 27.7 Å². The number of fused-ring (bicyclic) bond motifs is 1. The van der Waals surface area contributed by atoms with Crippen LogP contribution < -0.4 is 0 Å². The zero-order valence-electron chi connectivity index (χ0n) is 16.3. The largest absolute Gasteiger partial charge is 0.462 e. The minimum absolute atomic E-state index is 0.201. The van der Waals surface area contributed by atoms with Gasteiger partial charge in [0.2, 0.25) is 11.7 Å². The van der Waals surface area contributed by atoms with Gasteiger partial charge in [0.15, 0.2) is 0 Å². The molecular formula is C19H24O9. The van der Waals surface area contributed by atoms with Crippen LogP contribution in [0.4, 0.5) is 0 Å². The maximum atomic E-state index is 13.4. The first-order valence-electron chi connectivity index (χ1n) is 9.52. The van der Waals surface area contributed by atoms with Gasteiger partial charge >= 0.3 is 17.9 Å². The van der Waals surface area contributed by atoms with Crippen LogP contribution >= 0.6 is 0 Å². The Balaban J connectivity index is 1.98. The second-order valence-corrected chi connectivity index (χ2v) is 8.83. The van der Waals surface area contributed by atoms with Crippen LogP contribution in [0.5, 0.6) is 0 Å². The SMILES string of the molecule is CC1CCC2(C)C(OC=O)C(=O)OOC3(C(=O)O1)C1C(CC23C)OC(=O)C1C. The molecule has 3 aliphatic heterocycles. The number of carbonyl (C=O) groups is 4. The number of hydrogen-bond acceptors (Lipinski definition) is 9. The molecule has 4 rings (SSSR count). The van der Waals surface area contributed by atoms with E-state index in [4.69, 9.17) is 24.0 Å². The predicted octanol–water partition coefficient (Wildman–Crippen LogP) is 1.07. The monoisotopic (exact) mass is 396 g/mol. The molecule has 3 heterocycles. The number of esters is 2. The van der Waals surface area contributed by atoms with Crippen LogP contribution in [0.3, 0.4) is 0 Å². The molecule has 0 aromatic heterocycles. The minimum atomic E-state index is -1.75. The lowest BCUT2D eigenvalue weighted by molar-refractivity contribution is -0.356. The van der Waals surface area contributed by atoms with Crippen molar-refractivity contribution in [3.63, 3.8) is 0 Å². The van der Waals surface area contributed by atoms with Gasteiger partial charge in [0.05, 0.1) is 17.9 Å². The number of hydrogen-bond donors (Lipinski definition) is 0. The number of carbonyl (C=O) groups excluding carboxylic acids is 4. The first kappa shape index (κ1) is 19.2. The Labute approximate surface area is 161 Å². The third-order valence-corrected chi connectivity index (χ3v) is 7.66. The molecule has 0 aromatic rings. The van der Waals surface area contributed by atoms with E-state index in [0.717, 1.165) is 0 Å². The lowest BCUT2D eigenvalue weighted by Gasteiger charge is -2.53. The second kappa shape index (κ2) is 5.92. The third kappa shape index (κ3) is 2.05. The van der Waals surface area contributed by atoms with E-state index in [0.29, 0.717) is 12.8 Å². The molecule has 9 heteroatoms. The lowest BCUT2D eigenvalue weighted by Crippen LogP contribution is -2.65. The summed E-state index contributed by atoms with van der Waals surface area (Å²) in [6, 6.07) is 0. The highest BCUT2D eigenvalue weighted by Gasteiger charge is 2.81. The van der Waals surface area contributed by atoms with Gasteiger partial charge in [-0.15, -0.1) is 0 Å². The molecule has 8 unspecified atom stereocenters. The minimum Gasteiger partial charge on any atom is -0.462 e. The Morgan fingerprint density at radius 2 is 1.82 bits per heavy atom. The lowest BCUT2D eigenvalue weighted by atomic mass is 9.52. The first-order chi connectivity index (χ1) is 13.1. The summed E-state index contributed by atoms with van der Waals surface area (Å²) >= 11 is 0. The van der Waals surface area contributed by atoms with Crippen molar-refractivity contribution in [2.24, 2.45) is 22.7 Å². The van der Waals surface area contributed by atoms with Crippen molar-refractivity contribution in [2.75, 3.05) is 0 Å². The van der Waals surface area contributed by atoms with E-state index >= 15 is 0 Å². The van der Waals surface area contributed by atoms with Gasteiger partial charge in [-0.2, -0.15) is 4.89 Å². The van der Waals surface area contributed by atoms with Crippen LogP contribution in [0.2, 0.25) is 0 Å². The normalized spacial score (nSPS) is 50.1. The van der Waals surface area contributed by atoms with Crippen molar-refractivity contribution in [1.29, 1.82) is 0 Å². The van der Waals surface area contributed by atoms with Crippen molar-refractivity contribution >= 4 is 24.4 Å². The highest BCUT2D eigenvalue weighted by Crippen LogP contribution is 2.69. The average molecular weight is 396 g/mol. The topological polar surface area (TPSA) is 114 Å². The number of ether oxygens (including phenoxy) is 3. The fraction of sp³-hybridized carbons (Fsp3) is 0.789. The molecule has 0 radical (unpaired) electrons. The maximum Gasteiger partial charge on any atom is 0.383 e. The summed E-state index contributed by atoms with van der Waals surface area (Å²) in [6.45, 7) is 7.20. The summed E-state index contributed by atoms with van der Waals surface area (Å²) in [7, 11) is 0. The van der Waals surface area contributed by atoms with E-state index in [1.807, 2.05) is 0 Å². The summed E-state index contributed by atoms with van der Waals surface area (Å²) in [5.74, 6) is -3.35. The summed E-state index contributed by atoms with van der Waals surface area (Å²) in [5, 5.41) is 0. The van der Waals surface area contributed by atoms with Gasteiger partial charge in [-0.05, 0) is 26.2 Å².